The van der Waals surface area contributed by atoms with Gasteiger partial charge in [0.2, 0.25) is 0 Å². The molecule has 26 heavy (non-hydrogen) atoms. The van der Waals surface area contributed by atoms with E-state index in [9.17, 15) is 4.79 Å². The van der Waals surface area contributed by atoms with Crippen LogP contribution in [-0.4, -0.2) is 66.6 Å². The summed E-state index contributed by atoms with van der Waals surface area (Å²) in [6.07, 6.45) is 4.69. The van der Waals surface area contributed by atoms with Crippen LogP contribution in [0, 0.1) is 0 Å². The first-order valence-corrected chi connectivity index (χ1v) is 10.8. The highest BCUT2D eigenvalue weighted by atomic mass is 32.1. The van der Waals surface area contributed by atoms with Crippen LogP contribution in [-0.2, 0) is 10.2 Å². The van der Waals surface area contributed by atoms with E-state index in [1.54, 1.807) is 11.3 Å². The number of rotatable bonds is 9. The molecule has 1 aliphatic rings. The summed E-state index contributed by atoms with van der Waals surface area (Å²) in [4.78, 5) is 22.1. The second-order valence-corrected chi connectivity index (χ2v) is 8.95. The lowest BCUT2D eigenvalue weighted by atomic mass is 9.98. The zero-order chi connectivity index (χ0) is 19.0. The molecule has 0 saturated carbocycles. The Morgan fingerprint density at radius 1 is 1.23 bits per heavy atom. The Kier molecular flexibility index (Phi) is 8.51. The first-order chi connectivity index (χ1) is 12.4. The number of aromatic nitrogens is 1. The fourth-order valence-corrected chi connectivity index (χ4v) is 3.89. The van der Waals surface area contributed by atoms with E-state index in [4.69, 9.17) is 4.74 Å². The quantitative estimate of drug-likeness (QED) is 0.611. The first-order valence-electron chi connectivity index (χ1n) is 9.97. The number of morpholine rings is 1. The highest BCUT2D eigenvalue weighted by Crippen LogP contribution is 2.26. The molecule has 0 atom stereocenters. The summed E-state index contributed by atoms with van der Waals surface area (Å²) in [5.74, 6) is 0.0847. The number of amides is 1. The molecule has 1 aromatic rings. The Labute approximate surface area is 162 Å². The summed E-state index contributed by atoms with van der Waals surface area (Å²) in [6, 6.07) is 0. The van der Waals surface area contributed by atoms with Gasteiger partial charge in [0.15, 0.2) is 0 Å². The summed E-state index contributed by atoms with van der Waals surface area (Å²) in [7, 11) is 0. The highest BCUT2D eigenvalue weighted by Gasteiger charge is 2.23. The molecule has 5 nitrogen and oxygen atoms in total. The van der Waals surface area contributed by atoms with Gasteiger partial charge in [0.1, 0.15) is 5.69 Å². The molecule has 1 saturated heterocycles. The maximum atomic E-state index is 13.0. The number of hydrogen-bond acceptors (Lipinski definition) is 5. The molecule has 0 aromatic carbocycles. The fraction of sp³-hybridized carbons (Fsp3) is 0.800. The Balaban J connectivity index is 1.98. The predicted octanol–water partition coefficient (Wildman–Crippen LogP) is 3.80. The van der Waals surface area contributed by atoms with Crippen molar-refractivity contribution in [2.24, 2.45) is 0 Å². The van der Waals surface area contributed by atoms with Crippen LogP contribution < -0.4 is 0 Å². The number of unbranched alkanes of at least 4 members (excludes halogenated alkanes) is 3. The van der Waals surface area contributed by atoms with Gasteiger partial charge in [0, 0.05) is 43.5 Å². The van der Waals surface area contributed by atoms with Gasteiger partial charge in [-0.1, -0.05) is 47.0 Å². The Morgan fingerprint density at radius 3 is 2.58 bits per heavy atom. The standard InChI is InChI=1S/C20H35N3O2S/c1-5-6-7-8-9-23(11-10-22-12-14-25-15-13-22)18(24)17-16-26-19(21-17)20(2,3)4/h16H,5-15H2,1-4H3. The zero-order valence-electron chi connectivity index (χ0n) is 16.9. The highest BCUT2D eigenvalue weighted by molar-refractivity contribution is 7.10. The molecule has 1 aliphatic heterocycles. The average Bonchev–Trinajstić information content (AvgIpc) is 3.12. The molecule has 1 aromatic heterocycles. The zero-order valence-corrected chi connectivity index (χ0v) is 17.7. The van der Waals surface area contributed by atoms with Crippen molar-refractivity contribution in [3.05, 3.63) is 16.1 Å². The third-order valence-electron chi connectivity index (χ3n) is 4.72. The number of carbonyl (C=O) groups excluding carboxylic acids is 1. The van der Waals surface area contributed by atoms with E-state index in [0.29, 0.717) is 5.69 Å². The van der Waals surface area contributed by atoms with Crippen LogP contribution in [0.25, 0.3) is 0 Å². The number of carbonyl (C=O) groups is 1. The van der Waals surface area contributed by atoms with E-state index >= 15 is 0 Å². The molecule has 6 heteroatoms. The molecule has 0 spiro atoms. The van der Waals surface area contributed by atoms with Crippen molar-refractivity contribution in [3.63, 3.8) is 0 Å². The van der Waals surface area contributed by atoms with Crippen LogP contribution in [0.5, 0.6) is 0 Å². The average molecular weight is 382 g/mol. The maximum Gasteiger partial charge on any atom is 0.273 e. The van der Waals surface area contributed by atoms with E-state index in [1.165, 1.54) is 19.3 Å². The molecule has 0 unspecified atom stereocenters. The van der Waals surface area contributed by atoms with Crippen LogP contribution in [0.1, 0.15) is 68.9 Å². The van der Waals surface area contributed by atoms with E-state index < -0.39 is 0 Å². The van der Waals surface area contributed by atoms with Gasteiger partial charge in [0.05, 0.1) is 18.2 Å². The largest absolute Gasteiger partial charge is 0.379 e. The van der Waals surface area contributed by atoms with Gasteiger partial charge in [-0.3, -0.25) is 9.69 Å². The smallest absolute Gasteiger partial charge is 0.273 e. The van der Waals surface area contributed by atoms with Crippen LogP contribution >= 0.6 is 11.3 Å². The lowest BCUT2D eigenvalue weighted by Crippen LogP contribution is -2.43. The molecule has 0 N–H and O–H groups in total. The van der Waals surface area contributed by atoms with E-state index in [1.807, 2.05) is 10.3 Å². The molecule has 1 fully saturated rings. The van der Waals surface area contributed by atoms with Crippen molar-refractivity contribution in [3.8, 4) is 0 Å². The van der Waals surface area contributed by atoms with Gasteiger partial charge in [-0.25, -0.2) is 4.98 Å². The minimum atomic E-state index is -0.0110. The van der Waals surface area contributed by atoms with Crippen LogP contribution in [0.3, 0.4) is 0 Å². The summed E-state index contributed by atoms with van der Waals surface area (Å²) >= 11 is 1.59. The van der Waals surface area contributed by atoms with Gasteiger partial charge in [-0.2, -0.15) is 0 Å². The summed E-state index contributed by atoms with van der Waals surface area (Å²) < 4.78 is 5.42. The molecule has 148 valence electrons. The maximum absolute atomic E-state index is 13.0. The number of hydrogen-bond donors (Lipinski definition) is 0. The van der Waals surface area contributed by atoms with Gasteiger partial charge in [-0.15, -0.1) is 11.3 Å². The summed E-state index contributed by atoms with van der Waals surface area (Å²) in [6.45, 7) is 14.7. The number of ether oxygens (including phenoxy) is 1. The molecule has 0 aliphatic carbocycles. The topological polar surface area (TPSA) is 45.7 Å². The van der Waals surface area contributed by atoms with Gasteiger partial charge >= 0.3 is 0 Å². The Morgan fingerprint density at radius 2 is 1.96 bits per heavy atom. The van der Waals surface area contributed by atoms with Crippen LogP contribution in [0.4, 0.5) is 0 Å². The molecule has 1 amide bonds. The van der Waals surface area contributed by atoms with Crippen molar-refractivity contribution in [1.82, 2.24) is 14.8 Å². The third-order valence-corrected chi connectivity index (χ3v) is 5.99. The van der Waals surface area contributed by atoms with Gasteiger partial charge in [0.25, 0.3) is 5.91 Å². The third kappa shape index (κ3) is 6.63. The lowest BCUT2D eigenvalue weighted by Gasteiger charge is -2.30. The van der Waals surface area contributed by atoms with Crippen LogP contribution in [0.15, 0.2) is 5.38 Å². The summed E-state index contributed by atoms with van der Waals surface area (Å²) in [5, 5.41) is 2.96. The van der Waals surface area contributed by atoms with Crippen molar-refractivity contribution in [1.29, 1.82) is 0 Å². The molecular formula is C20H35N3O2S. The fourth-order valence-electron chi connectivity index (χ4n) is 3.01. The normalized spacial score (nSPS) is 16.0. The Bertz CT molecular complexity index is 547. The second kappa shape index (κ2) is 10.4. The first kappa shape index (κ1) is 21.3. The molecule has 0 bridgehead atoms. The van der Waals surface area contributed by atoms with Crippen molar-refractivity contribution in [2.45, 2.75) is 58.8 Å². The monoisotopic (exact) mass is 381 g/mol. The molecule has 2 rings (SSSR count). The predicted molar refractivity (Wildman–Crippen MR) is 108 cm³/mol. The molecule has 2 heterocycles. The minimum absolute atomic E-state index is 0.0110. The SMILES string of the molecule is CCCCCCN(CCN1CCOCC1)C(=O)c1csc(C(C)(C)C)n1. The molecule has 0 radical (unpaired) electrons. The van der Waals surface area contributed by atoms with E-state index in [2.05, 4.69) is 37.6 Å². The van der Waals surface area contributed by atoms with Crippen molar-refractivity contribution in [2.75, 3.05) is 45.9 Å². The van der Waals surface area contributed by atoms with Crippen LogP contribution in [0.2, 0.25) is 0 Å². The van der Waals surface area contributed by atoms with Crippen molar-refractivity contribution < 1.29 is 9.53 Å². The summed E-state index contributed by atoms with van der Waals surface area (Å²) in [5.41, 5.74) is 0.598. The Hall–Kier alpha value is -0.980. The number of nitrogens with zero attached hydrogens (tertiary/aromatic N) is 3. The van der Waals surface area contributed by atoms with Gasteiger partial charge in [-0.05, 0) is 6.42 Å². The number of thiazole rings is 1. The lowest BCUT2D eigenvalue weighted by molar-refractivity contribution is 0.0323. The van der Waals surface area contributed by atoms with E-state index in [0.717, 1.165) is 57.4 Å². The second-order valence-electron chi connectivity index (χ2n) is 8.09. The molecular weight excluding hydrogens is 346 g/mol. The van der Waals surface area contributed by atoms with Gasteiger partial charge < -0.3 is 9.64 Å². The van der Waals surface area contributed by atoms with E-state index in [-0.39, 0.29) is 11.3 Å². The van der Waals surface area contributed by atoms with Crippen molar-refractivity contribution >= 4 is 17.2 Å². The minimum Gasteiger partial charge on any atom is -0.379 e.